The van der Waals surface area contributed by atoms with Gasteiger partial charge in [-0.15, -0.1) is 11.3 Å². The van der Waals surface area contributed by atoms with Crippen molar-refractivity contribution in [2.24, 2.45) is 5.92 Å². The van der Waals surface area contributed by atoms with Crippen LogP contribution in [0.4, 0.5) is 25.0 Å². The number of amides is 2. The zero-order valence-corrected chi connectivity index (χ0v) is 36.4. The summed E-state index contributed by atoms with van der Waals surface area (Å²) in [7, 11) is -3.99. The number of nitrogens with zero attached hydrogens (tertiary/aromatic N) is 2. The summed E-state index contributed by atoms with van der Waals surface area (Å²) in [6, 6.07) is 7.88. The Bertz CT molecular complexity index is 2230. The molecule has 2 aliphatic rings. The maximum Gasteiger partial charge on any atom is 0.410 e. The van der Waals surface area contributed by atoms with E-state index in [4.69, 9.17) is 25.8 Å². The average Bonchev–Trinajstić information content (AvgIpc) is 3.39. The number of halogens is 3. The van der Waals surface area contributed by atoms with Crippen molar-refractivity contribution in [3.63, 3.8) is 0 Å². The van der Waals surface area contributed by atoms with Gasteiger partial charge in [-0.25, -0.2) is 31.6 Å². The molecular formula is C40H49ClF2N4O10S2. The van der Waals surface area contributed by atoms with E-state index in [1.807, 2.05) is 0 Å². The number of anilines is 2. The van der Waals surface area contributed by atoms with E-state index in [9.17, 15) is 37.1 Å². The highest BCUT2D eigenvalue weighted by molar-refractivity contribution is 7.88. The molecule has 14 nitrogen and oxygen atoms in total. The normalized spacial score (nSPS) is 17.5. The van der Waals surface area contributed by atoms with Crippen molar-refractivity contribution in [2.45, 2.75) is 96.8 Å². The number of carboxylic acid groups (broad SMARTS) is 1. The Hall–Kier alpha value is -4.52. The van der Waals surface area contributed by atoms with Crippen LogP contribution in [0.5, 0.6) is 5.75 Å². The molecule has 0 aliphatic carbocycles. The van der Waals surface area contributed by atoms with Crippen molar-refractivity contribution in [3.05, 3.63) is 63.5 Å². The molecule has 3 heterocycles. The van der Waals surface area contributed by atoms with Crippen LogP contribution < -0.4 is 15.4 Å². The number of esters is 1. The van der Waals surface area contributed by atoms with Crippen molar-refractivity contribution in [1.29, 1.82) is 0 Å². The summed E-state index contributed by atoms with van der Waals surface area (Å²) in [5, 5.41) is 14.8. The van der Waals surface area contributed by atoms with E-state index in [0.717, 1.165) is 17.4 Å². The van der Waals surface area contributed by atoms with Gasteiger partial charge in [0.25, 0.3) is 0 Å². The highest BCUT2D eigenvalue weighted by atomic mass is 35.5. The van der Waals surface area contributed by atoms with Crippen LogP contribution >= 0.6 is 22.9 Å². The molecule has 2 aromatic carbocycles. The third kappa shape index (κ3) is 11.2. The second kappa shape index (κ2) is 17.2. The maximum atomic E-state index is 16.3. The molecule has 59 heavy (non-hydrogen) atoms. The standard InChI is InChI=1S/C40H49ClF2N4O10S2/c1-38(2,3)56-36(51)34-32(55-20-29(48)49)30(41)33(58-34)25-10-9-11-27(31(25)43)44-24-14-15-47(40(7,8)17-24)59(53,54)21-22-12-13-26(42)28(16-22)45-35(50)23-18-46(19-23)37(52)57-39(4,5)6/h9-13,16,23-24,44H,14-15,17-21H2,1-8H3,(H,45,50)(H,48,49). The van der Waals surface area contributed by atoms with Crippen LogP contribution in [0.3, 0.4) is 0 Å². The van der Waals surface area contributed by atoms with Gasteiger partial charge >= 0.3 is 18.0 Å². The molecule has 0 radical (unpaired) electrons. The van der Waals surface area contributed by atoms with Gasteiger partial charge < -0.3 is 34.9 Å². The monoisotopic (exact) mass is 882 g/mol. The van der Waals surface area contributed by atoms with Gasteiger partial charge in [-0.3, -0.25) is 4.79 Å². The van der Waals surface area contributed by atoms with Gasteiger partial charge in [0.05, 0.1) is 27.9 Å². The molecule has 19 heteroatoms. The molecule has 1 atom stereocenters. The van der Waals surface area contributed by atoms with Crippen molar-refractivity contribution in [1.82, 2.24) is 9.21 Å². The number of carbonyl (C=O) groups is 4. The second-order valence-electron chi connectivity index (χ2n) is 17.1. The summed E-state index contributed by atoms with van der Waals surface area (Å²) >= 11 is 7.40. The summed E-state index contributed by atoms with van der Waals surface area (Å²) in [4.78, 5) is 50.8. The summed E-state index contributed by atoms with van der Waals surface area (Å²) in [5.41, 5.74) is -2.36. The van der Waals surface area contributed by atoms with Crippen LogP contribution in [-0.2, 0) is 34.8 Å². The van der Waals surface area contributed by atoms with E-state index in [2.05, 4.69) is 10.6 Å². The number of aliphatic carboxylic acids is 1. The number of ether oxygens (including phenoxy) is 3. The zero-order chi connectivity index (χ0) is 43.8. The Labute approximate surface area is 351 Å². The SMILES string of the molecule is CC(C)(C)OC(=O)c1sc(-c2cccc(NC3CCN(S(=O)(=O)Cc4ccc(F)c(NC(=O)C5CN(C(=O)OC(C)(C)C)C5)c4)C(C)(C)C3)c2F)c(Cl)c1OCC(=O)O. The topological polar surface area (TPSA) is 181 Å². The minimum absolute atomic E-state index is 0.0181. The first-order valence-corrected chi connectivity index (χ1v) is 21.6. The summed E-state index contributed by atoms with van der Waals surface area (Å²) in [5.74, 6) is -5.41. The number of thiophene rings is 1. The van der Waals surface area contributed by atoms with Gasteiger partial charge in [-0.05, 0) is 92.0 Å². The molecule has 0 spiro atoms. The largest absolute Gasteiger partial charge is 0.479 e. The predicted octanol–water partition coefficient (Wildman–Crippen LogP) is 7.76. The van der Waals surface area contributed by atoms with E-state index in [1.165, 1.54) is 33.5 Å². The second-order valence-corrected chi connectivity index (χ2v) is 20.4. The zero-order valence-electron chi connectivity index (χ0n) is 34.0. The molecule has 1 unspecified atom stereocenters. The molecule has 3 N–H and O–H groups in total. The quantitative estimate of drug-likeness (QED) is 0.151. The molecule has 2 amide bonds. The molecule has 322 valence electrons. The first kappa shape index (κ1) is 45.6. The fourth-order valence-corrected chi connectivity index (χ4v) is 10.2. The van der Waals surface area contributed by atoms with Crippen LogP contribution in [0.2, 0.25) is 5.02 Å². The van der Waals surface area contributed by atoms with E-state index >= 15 is 4.39 Å². The van der Waals surface area contributed by atoms with E-state index in [1.54, 1.807) is 61.5 Å². The number of sulfonamides is 1. The number of hydrogen-bond acceptors (Lipinski definition) is 11. The third-order valence-electron chi connectivity index (χ3n) is 9.32. The van der Waals surface area contributed by atoms with Gasteiger partial charge in [0, 0.05) is 36.8 Å². The smallest absolute Gasteiger partial charge is 0.410 e. The minimum Gasteiger partial charge on any atom is -0.479 e. The van der Waals surface area contributed by atoms with Crippen LogP contribution in [0.15, 0.2) is 36.4 Å². The summed E-state index contributed by atoms with van der Waals surface area (Å²) in [6.45, 7) is 13.1. The van der Waals surface area contributed by atoms with Gasteiger partial charge in [-0.1, -0.05) is 29.8 Å². The number of rotatable bonds is 12. The van der Waals surface area contributed by atoms with Gasteiger partial charge in [0.1, 0.15) is 22.0 Å². The Morgan fingerprint density at radius 1 is 1.00 bits per heavy atom. The number of benzene rings is 2. The third-order valence-corrected chi connectivity index (χ3v) is 13.0. The van der Waals surface area contributed by atoms with Crippen LogP contribution in [0, 0.1) is 17.6 Å². The van der Waals surface area contributed by atoms with Gasteiger partial charge in [0.15, 0.2) is 23.1 Å². The van der Waals surface area contributed by atoms with Crippen LogP contribution in [0.25, 0.3) is 10.4 Å². The summed E-state index contributed by atoms with van der Waals surface area (Å²) < 4.78 is 76.4. The van der Waals surface area contributed by atoms with Crippen molar-refractivity contribution >= 4 is 68.3 Å². The Morgan fingerprint density at radius 2 is 1.66 bits per heavy atom. The van der Waals surface area contributed by atoms with Crippen LogP contribution in [0.1, 0.15) is 83.5 Å². The number of piperidine rings is 1. The maximum absolute atomic E-state index is 16.3. The molecule has 2 saturated heterocycles. The first-order valence-electron chi connectivity index (χ1n) is 18.8. The number of carbonyl (C=O) groups excluding carboxylic acids is 3. The Kier molecular flexibility index (Phi) is 13.3. The molecular weight excluding hydrogens is 834 g/mol. The Morgan fingerprint density at radius 3 is 2.27 bits per heavy atom. The van der Waals surface area contributed by atoms with Gasteiger partial charge in [0.2, 0.25) is 15.9 Å². The van der Waals surface area contributed by atoms with Crippen LogP contribution in [-0.4, -0.2) is 95.7 Å². The average molecular weight is 883 g/mol. The molecule has 0 bridgehead atoms. The molecule has 3 aromatic rings. The first-order chi connectivity index (χ1) is 27.2. The number of nitrogens with one attached hydrogen (secondary N) is 2. The molecule has 1 aromatic heterocycles. The number of likely N-dealkylation sites (tertiary alicyclic amines) is 1. The minimum atomic E-state index is -3.99. The summed E-state index contributed by atoms with van der Waals surface area (Å²) in [6.07, 6.45) is 0.0221. The molecule has 5 rings (SSSR count). The van der Waals surface area contributed by atoms with Gasteiger partial charge in [-0.2, -0.15) is 4.31 Å². The lowest BCUT2D eigenvalue weighted by Crippen LogP contribution is -2.55. The number of carboxylic acids is 1. The van der Waals surface area contributed by atoms with E-state index < -0.39 is 80.6 Å². The molecule has 2 aliphatic heterocycles. The molecule has 0 saturated carbocycles. The van der Waals surface area contributed by atoms with E-state index in [-0.39, 0.29) is 75.1 Å². The van der Waals surface area contributed by atoms with Crippen molar-refractivity contribution in [2.75, 3.05) is 36.9 Å². The lowest BCUT2D eigenvalue weighted by Gasteiger charge is -2.45. The lowest BCUT2D eigenvalue weighted by molar-refractivity contribution is -0.139. The Balaban J connectivity index is 1.26. The highest BCUT2D eigenvalue weighted by Gasteiger charge is 2.42. The van der Waals surface area contributed by atoms with Crippen molar-refractivity contribution in [3.8, 4) is 16.2 Å². The van der Waals surface area contributed by atoms with E-state index in [0.29, 0.717) is 6.42 Å². The van der Waals surface area contributed by atoms with Crippen molar-refractivity contribution < 1.29 is 55.7 Å². The highest BCUT2D eigenvalue weighted by Crippen LogP contribution is 2.48. The lowest BCUT2D eigenvalue weighted by atomic mass is 9.89. The molecule has 2 fully saturated rings. The predicted molar refractivity (Wildman–Crippen MR) is 219 cm³/mol. The number of hydrogen-bond donors (Lipinski definition) is 3. The fourth-order valence-electron chi connectivity index (χ4n) is 6.75. The fraction of sp³-hybridized carbons (Fsp3) is 0.500.